The monoisotopic (exact) mass is 476 g/mol. The molecule has 2 aromatic carbocycles. The van der Waals surface area contributed by atoms with Gasteiger partial charge in [0.1, 0.15) is 11.3 Å². The molecule has 3 aromatic heterocycles. The van der Waals surface area contributed by atoms with Gasteiger partial charge in [0.25, 0.3) is 0 Å². The number of carbonyl (C=O) groups is 1. The van der Waals surface area contributed by atoms with E-state index in [9.17, 15) is 4.79 Å². The molecule has 5 rings (SSSR count). The topological polar surface area (TPSA) is 98.7 Å². The Hall–Kier alpha value is -4.78. The molecule has 1 amide bonds. The van der Waals surface area contributed by atoms with Crippen LogP contribution in [-0.2, 0) is 11.3 Å². The highest BCUT2D eigenvalue weighted by Gasteiger charge is 2.18. The number of hydrogen-bond acceptors (Lipinski definition) is 5. The van der Waals surface area contributed by atoms with Crippen molar-refractivity contribution in [1.82, 2.24) is 24.8 Å². The van der Waals surface area contributed by atoms with E-state index in [1.807, 2.05) is 97.3 Å². The number of anilines is 1. The Morgan fingerprint density at radius 2 is 1.72 bits per heavy atom. The van der Waals surface area contributed by atoms with E-state index >= 15 is 0 Å². The van der Waals surface area contributed by atoms with Crippen molar-refractivity contribution < 1.29 is 4.79 Å². The molecule has 0 radical (unpaired) electrons. The second-order valence-corrected chi connectivity index (χ2v) is 7.70. The van der Waals surface area contributed by atoms with Gasteiger partial charge in [-0.2, -0.15) is 0 Å². The number of aromatic nitrogens is 4. The molecule has 0 saturated carbocycles. The van der Waals surface area contributed by atoms with Gasteiger partial charge in [-0.1, -0.05) is 62.9 Å². The minimum absolute atomic E-state index is 0.211. The zero-order chi connectivity index (χ0) is 25.5. The zero-order valence-electron chi connectivity index (χ0n) is 20.3. The molecule has 3 N–H and O–H groups in total. The highest BCUT2D eigenvalue weighted by Crippen LogP contribution is 2.31. The largest absolute Gasteiger partial charge is 0.383 e. The van der Waals surface area contributed by atoms with E-state index in [1.54, 1.807) is 6.20 Å². The molecule has 0 aliphatic heterocycles. The summed E-state index contributed by atoms with van der Waals surface area (Å²) >= 11 is 0. The third-order valence-corrected chi connectivity index (χ3v) is 5.50. The van der Waals surface area contributed by atoms with Gasteiger partial charge in [-0.05, 0) is 48.0 Å². The standard InChI is InChI=1S/C27H22N6O.C2H6/c1-2-24(34)30-17-18-10-12-20(13-11-18)33-26(21-9-6-16-29-25(21)28)32-23-15-14-22(31-27(23)33)19-7-4-3-5-8-19;1-2/h2-16H,1,17H2,(H2,28,29)(H,30,34);1-2H3. The first kappa shape index (κ1) is 24.3. The molecule has 0 fully saturated rings. The van der Waals surface area contributed by atoms with Crippen molar-refractivity contribution in [3.05, 3.63) is 103 Å². The predicted molar refractivity (Wildman–Crippen MR) is 145 cm³/mol. The summed E-state index contributed by atoms with van der Waals surface area (Å²) in [5, 5.41) is 2.79. The van der Waals surface area contributed by atoms with Crippen LogP contribution in [0.25, 0.3) is 39.5 Å². The molecule has 36 heavy (non-hydrogen) atoms. The maximum Gasteiger partial charge on any atom is 0.243 e. The molecule has 180 valence electrons. The summed E-state index contributed by atoms with van der Waals surface area (Å²) in [7, 11) is 0. The number of nitrogens with one attached hydrogen (secondary N) is 1. The summed E-state index contributed by atoms with van der Waals surface area (Å²) in [5.41, 5.74) is 12.1. The first-order valence-corrected chi connectivity index (χ1v) is 11.8. The number of hydrogen-bond donors (Lipinski definition) is 2. The van der Waals surface area contributed by atoms with Crippen molar-refractivity contribution in [1.29, 1.82) is 0 Å². The van der Waals surface area contributed by atoms with E-state index < -0.39 is 0 Å². The summed E-state index contributed by atoms with van der Waals surface area (Å²) in [5.74, 6) is 0.841. The highest BCUT2D eigenvalue weighted by atomic mass is 16.1. The van der Waals surface area contributed by atoms with Crippen molar-refractivity contribution in [3.63, 3.8) is 0 Å². The van der Waals surface area contributed by atoms with Crippen LogP contribution in [0, 0.1) is 0 Å². The third kappa shape index (κ3) is 5.00. The zero-order valence-corrected chi connectivity index (χ0v) is 20.3. The number of amides is 1. The minimum atomic E-state index is -0.211. The van der Waals surface area contributed by atoms with E-state index in [4.69, 9.17) is 15.7 Å². The summed E-state index contributed by atoms with van der Waals surface area (Å²) in [6.45, 7) is 7.89. The first-order chi connectivity index (χ1) is 17.6. The van der Waals surface area contributed by atoms with Gasteiger partial charge in [0.15, 0.2) is 11.5 Å². The van der Waals surface area contributed by atoms with E-state index in [2.05, 4.69) is 16.9 Å². The lowest BCUT2D eigenvalue weighted by Gasteiger charge is -2.11. The van der Waals surface area contributed by atoms with E-state index in [0.29, 0.717) is 23.8 Å². The Morgan fingerprint density at radius 3 is 2.42 bits per heavy atom. The van der Waals surface area contributed by atoms with Gasteiger partial charge < -0.3 is 11.1 Å². The van der Waals surface area contributed by atoms with E-state index in [1.165, 1.54) is 6.08 Å². The van der Waals surface area contributed by atoms with Crippen molar-refractivity contribution in [2.75, 3.05) is 5.73 Å². The van der Waals surface area contributed by atoms with Gasteiger partial charge in [0, 0.05) is 24.0 Å². The van der Waals surface area contributed by atoms with Crippen LogP contribution in [0.15, 0.2) is 97.7 Å². The van der Waals surface area contributed by atoms with Gasteiger partial charge in [0.05, 0.1) is 11.3 Å². The van der Waals surface area contributed by atoms with Crippen LogP contribution in [-0.4, -0.2) is 25.4 Å². The lowest BCUT2D eigenvalue weighted by Crippen LogP contribution is -2.19. The summed E-state index contributed by atoms with van der Waals surface area (Å²) in [6, 6.07) is 25.6. The number of nitrogens with zero attached hydrogens (tertiary/aromatic N) is 4. The molecule has 0 aliphatic rings. The molecular weight excluding hydrogens is 448 g/mol. The molecule has 7 nitrogen and oxygen atoms in total. The van der Waals surface area contributed by atoms with Crippen LogP contribution in [0.2, 0.25) is 0 Å². The Bertz CT molecular complexity index is 1490. The number of nitrogen functional groups attached to an aromatic ring is 1. The number of rotatable bonds is 6. The van der Waals surface area contributed by atoms with Crippen molar-refractivity contribution in [2.45, 2.75) is 20.4 Å². The maximum absolute atomic E-state index is 11.5. The second kappa shape index (κ2) is 11.1. The predicted octanol–water partition coefficient (Wildman–Crippen LogP) is 5.56. The van der Waals surface area contributed by atoms with Gasteiger partial charge in [-0.15, -0.1) is 0 Å². The fourth-order valence-electron chi connectivity index (χ4n) is 3.78. The average Bonchev–Trinajstić information content (AvgIpc) is 3.32. The molecular formula is C29H28N6O. The van der Waals surface area contributed by atoms with Crippen LogP contribution in [0.3, 0.4) is 0 Å². The Kier molecular flexibility index (Phi) is 7.51. The molecule has 7 heteroatoms. The fourth-order valence-corrected chi connectivity index (χ4v) is 3.78. The quantitative estimate of drug-likeness (QED) is 0.313. The lowest BCUT2D eigenvalue weighted by molar-refractivity contribution is -0.116. The normalized spacial score (nSPS) is 10.4. The molecule has 5 aromatic rings. The van der Waals surface area contributed by atoms with Gasteiger partial charge >= 0.3 is 0 Å². The molecule has 0 bridgehead atoms. The molecule has 0 aliphatic carbocycles. The molecule has 3 heterocycles. The lowest BCUT2D eigenvalue weighted by atomic mass is 10.1. The third-order valence-electron chi connectivity index (χ3n) is 5.50. The Morgan fingerprint density at radius 1 is 0.972 bits per heavy atom. The summed E-state index contributed by atoms with van der Waals surface area (Å²) in [4.78, 5) is 25.6. The minimum Gasteiger partial charge on any atom is -0.383 e. The van der Waals surface area contributed by atoms with E-state index in [0.717, 1.165) is 33.6 Å². The van der Waals surface area contributed by atoms with Crippen molar-refractivity contribution in [2.24, 2.45) is 0 Å². The van der Waals surface area contributed by atoms with Gasteiger partial charge in [-0.3, -0.25) is 9.36 Å². The number of fused-ring (bicyclic) bond motifs is 1. The van der Waals surface area contributed by atoms with Crippen LogP contribution >= 0.6 is 0 Å². The van der Waals surface area contributed by atoms with Crippen LogP contribution in [0.5, 0.6) is 0 Å². The summed E-state index contributed by atoms with van der Waals surface area (Å²) < 4.78 is 1.99. The van der Waals surface area contributed by atoms with Crippen LogP contribution in [0.4, 0.5) is 5.82 Å². The Labute approximate surface area is 210 Å². The molecule has 0 unspecified atom stereocenters. The number of carbonyl (C=O) groups excluding carboxylic acids is 1. The highest BCUT2D eigenvalue weighted by molar-refractivity contribution is 5.87. The number of pyridine rings is 2. The molecule has 0 saturated heterocycles. The van der Waals surface area contributed by atoms with Crippen LogP contribution < -0.4 is 11.1 Å². The maximum atomic E-state index is 11.5. The molecule has 0 atom stereocenters. The second-order valence-electron chi connectivity index (χ2n) is 7.70. The van der Waals surface area contributed by atoms with Gasteiger partial charge in [-0.25, -0.2) is 15.0 Å². The average molecular weight is 477 g/mol. The van der Waals surface area contributed by atoms with Crippen LogP contribution in [0.1, 0.15) is 19.4 Å². The number of imidazole rings is 1. The molecule has 0 spiro atoms. The summed E-state index contributed by atoms with van der Waals surface area (Å²) in [6.07, 6.45) is 2.91. The number of benzene rings is 2. The van der Waals surface area contributed by atoms with Crippen molar-refractivity contribution >= 4 is 22.9 Å². The first-order valence-electron chi connectivity index (χ1n) is 11.8. The smallest absolute Gasteiger partial charge is 0.243 e. The number of nitrogens with two attached hydrogens (primary N) is 1. The van der Waals surface area contributed by atoms with Crippen molar-refractivity contribution in [3.8, 4) is 28.3 Å². The van der Waals surface area contributed by atoms with Gasteiger partial charge in [0.2, 0.25) is 5.91 Å². The fraction of sp³-hybridized carbons (Fsp3) is 0.103. The van der Waals surface area contributed by atoms with E-state index in [-0.39, 0.29) is 5.91 Å². The Balaban J connectivity index is 0.00000148. The SMILES string of the molecule is C=CC(=O)NCc1ccc(-n2c(-c3cccnc3N)nc3ccc(-c4ccccc4)nc32)cc1.CC.